The van der Waals surface area contributed by atoms with E-state index in [1.54, 1.807) is 26.0 Å². The first kappa shape index (κ1) is 18.6. The Balaban J connectivity index is 2.72. The van der Waals surface area contributed by atoms with Crippen LogP contribution in [0, 0.1) is 22.0 Å². The molecule has 1 aromatic rings. The average Bonchev–Trinajstić information content (AvgIpc) is 2.59. The molecule has 0 aliphatic carbocycles. The summed E-state index contributed by atoms with van der Waals surface area (Å²) in [6.45, 7) is 3.38. The number of hydrogen-bond acceptors (Lipinski definition) is 7. The molecule has 8 heteroatoms. The third-order valence-electron chi connectivity index (χ3n) is 4.54. The van der Waals surface area contributed by atoms with Gasteiger partial charge in [0.05, 0.1) is 31.1 Å². The fourth-order valence-corrected chi connectivity index (χ4v) is 3.48. The van der Waals surface area contributed by atoms with Gasteiger partial charge in [0.2, 0.25) is 0 Å². The molecular weight excluding hydrogens is 328 g/mol. The molecule has 0 saturated carbocycles. The number of methoxy groups -OCH3 is 2. The molecule has 4 atom stereocenters. The molecule has 1 aliphatic rings. The number of nitrogens with zero attached hydrogens (tertiary/aromatic N) is 2. The van der Waals surface area contributed by atoms with Gasteiger partial charge in [-0.15, -0.1) is 0 Å². The highest BCUT2D eigenvalue weighted by molar-refractivity contribution is 6.03. The zero-order valence-corrected chi connectivity index (χ0v) is 14.5. The van der Waals surface area contributed by atoms with E-state index < -0.39 is 40.7 Å². The van der Waals surface area contributed by atoms with E-state index in [1.807, 2.05) is 0 Å². The first-order valence-electron chi connectivity index (χ1n) is 7.76. The number of benzene rings is 1. The number of rotatable bonds is 4. The third-order valence-corrected chi connectivity index (χ3v) is 4.54. The average molecular weight is 348 g/mol. The number of esters is 2. The van der Waals surface area contributed by atoms with E-state index in [0.29, 0.717) is 11.3 Å². The van der Waals surface area contributed by atoms with Crippen molar-refractivity contribution < 1.29 is 24.0 Å². The second-order valence-electron chi connectivity index (χ2n) is 5.90. The normalized spacial score (nSPS) is 25.7. The lowest BCUT2D eigenvalue weighted by molar-refractivity contribution is -0.385. The Kier molecular flexibility index (Phi) is 5.51. The fraction of sp³-hybridized carbons (Fsp3) is 0.471. The van der Waals surface area contributed by atoms with Crippen LogP contribution in [0.1, 0.15) is 25.3 Å². The summed E-state index contributed by atoms with van der Waals surface area (Å²) in [7, 11) is 2.47. The number of nitro benzene ring substituents is 1. The predicted molar refractivity (Wildman–Crippen MR) is 89.4 cm³/mol. The summed E-state index contributed by atoms with van der Waals surface area (Å²) in [6.07, 6.45) is 0. The second kappa shape index (κ2) is 7.42. The maximum Gasteiger partial charge on any atom is 0.315 e. The van der Waals surface area contributed by atoms with Gasteiger partial charge in [0, 0.05) is 23.3 Å². The molecule has 8 nitrogen and oxygen atoms in total. The fourth-order valence-electron chi connectivity index (χ4n) is 3.48. The molecule has 0 amide bonds. The molecule has 0 radical (unpaired) electrons. The van der Waals surface area contributed by atoms with Crippen molar-refractivity contribution in [3.63, 3.8) is 0 Å². The van der Waals surface area contributed by atoms with Crippen molar-refractivity contribution in [1.29, 1.82) is 0 Å². The first-order chi connectivity index (χ1) is 11.8. The van der Waals surface area contributed by atoms with Crippen LogP contribution in [0.25, 0.3) is 0 Å². The van der Waals surface area contributed by atoms with E-state index in [0.717, 1.165) is 0 Å². The quantitative estimate of drug-likeness (QED) is 0.468. The van der Waals surface area contributed by atoms with Gasteiger partial charge in [-0.1, -0.05) is 18.2 Å². The Morgan fingerprint density at radius 2 is 1.76 bits per heavy atom. The zero-order chi connectivity index (χ0) is 18.7. The molecule has 134 valence electrons. The van der Waals surface area contributed by atoms with Crippen molar-refractivity contribution in [2.75, 3.05) is 14.2 Å². The van der Waals surface area contributed by atoms with E-state index in [4.69, 9.17) is 9.47 Å². The Labute approximate surface area is 145 Å². The molecule has 0 saturated heterocycles. The summed E-state index contributed by atoms with van der Waals surface area (Å²) in [5.41, 5.74) is 0.610. The Bertz CT molecular complexity index is 730. The van der Waals surface area contributed by atoms with Crippen molar-refractivity contribution in [3.05, 3.63) is 39.9 Å². The number of carbonyl (C=O) groups is 2. The summed E-state index contributed by atoms with van der Waals surface area (Å²) >= 11 is 0. The molecule has 0 spiro atoms. The third kappa shape index (κ3) is 3.38. The van der Waals surface area contributed by atoms with Gasteiger partial charge in [-0.3, -0.25) is 24.7 Å². The molecular formula is C17H20N2O6. The standard InChI is InChI=1S/C17H20N2O6/c1-9-13(16(20)24-3)15(14(10(2)18-9)17(21)25-4)11-7-5-6-8-12(11)19(22)23/h5-9,13-15H,1-4H3. The zero-order valence-electron chi connectivity index (χ0n) is 14.5. The molecule has 0 aromatic heterocycles. The second-order valence-corrected chi connectivity index (χ2v) is 5.90. The molecule has 0 bridgehead atoms. The van der Waals surface area contributed by atoms with Gasteiger partial charge < -0.3 is 9.47 Å². The first-order valence-corrected chi connectivity index (χ1v) is 7.76. The molecule has 0 fully saturated rings. The van der Waals surface area contributed by atoms with Gasteiger partial charge in [0.1, 0.15) is 5.92 Å². The molecule has 2 rings (SSSR count). The van der Waals surface area contributed by atoms with Crippen LogP contribution in [-0.2, 0) is 19.1 Å². The number of nitro groups is 1. The smallest absolute Gasteiger partial charge is 0.315 e. The molecule has 1 aromatic carbocycles. The Morgan fingerprint density at radius 3 is 2.32 bits per heavy atom. The van der Waals surface area contributed by atoms with Crippen LogP contribution >= 0.6 is 0 Å². The van der Waals surface area contributed by atoms with Crippen LogP contribution in [0.4, 0.5) is 5.69 Å². The van der Waals surface area contributed by atoms with Gasteiger partial charge >= 0.3 is 11.9 Å². The minimum Gasteiger partial charge on any atom is -0.469 e. The van der Waals surface area contributed by atoms with Gasteiger partial charge in [0.15, 0.2) is 0 Å². The SMILES string of the molecule is COC(=O)C1C(C)=NC(C)C(C(=O)OC)C1c1ccccc1[N+](=O)[O-]. The van der Waals surface area contributed by atoms with Crippen molar-refractivity contribution >= 4 is 23.3 Å². The maximum atomic E-state index is 12.4. The lowest BCUT2D eigenvalue weighted by Gasteiger charge is -2.37. The van der Waals surface area contributed by atoms with Gasteiger partial charge in [-0.2, -0.15) is 0 Å². The molecule has 25 heavy (non-hydrogen) atoms. The van der Waals surface area contributed by atoms with Crippen molar-refractivity contribution in [2.24, 2.45) is 16.8 Å². The van der Waals surface area contributed by atoms with Crippen LogP contribution in [0.2, 0.25) is 0 Å². The van der Waals surface area contributed by atoms with Crippen molar-refractivity contribution in [2.45, 2.75) is 25.8 Å². The number of hydrogen-bond donors (Lipinski definition) is 0. The minimum atomic E-state index is -0.897. The lowest BCUT2D eigenvalue weighted by Crippen LogP contribution is -2.45. The van der Waals surface area contributed by atoms with Crippen LogP contribution in [-0.4, -0.2) is 42.8 Å². The number of ether oxygens (including phenoxy) is 2. The van der Waals surface area contributed by atoms with Crippen molar-refractivity contribution in [3.8, 4) is 0 Å². The summed E-state index contributed by atoms with van der Waals surface area (Å²) in [5, 5.41) is 11.5. The highest BCUT2D eigenvalue weighted by Gasteiger charge is 2.49. The summed E-state index contributed by atoms with van der Waals surface area (Å²) in [6, 6.07) is 5.59. The number of para-hydroxylation sites is 1. The topological polar surface area (TPSA) is 108 Å². The largest absolute Gasteiger partial charge is 0.469 e. The Hall–Kier alpha value is -2.77. The van der Waals surface area contributed by atoms with E-state index in [2.05, 4.69) is 4.99 Å². The van der Waals surface area contributed by atoms with Crippen molar-refractivity contribution in [1.82, 2.24) is 0 Å². The van der Waals surface area contributed by atoms with Gasteiger partial charge in [-0.25, -0.2) is 0 Å². The summed E-state index contributed by atoms with van der Waals surface area (Å²) < 4.78 is 9.75. The highest BCUT2D eigenvalue weighted by Crippen LogP contribution is 2.44. The summed E-state index contributed by atoms with van der Waals surface area (Å²) in [4.78, 5) is 40.1. The van der Waals surface area contributed by atoms with Crippen LogP contribution in [0.3, 0.4) is 0 Å². The molecule has 1 aliphatic heterocycles. The van der Waals surface area contributed by atoms with E-state index in [-0.39, 0.29) is 5.69 Å². The van der Waals surface area contributed by atoms with Crippen LogP contribution < -0.4 is 0 Å². The number of aliphatic imine (C=N–C) groups is 1. The van der Waals surface area contributed by atoms with Crippen LogP contribution in [0.5, 0.6) is 0 Å². The maximum absolute atomic E-state index is 12.4. The van der Waals surface area contributed by atoms with Gasteiger partial charge in [-0.05, 0) is 13.8 Å². The van der Waals surface area contributed by atoms with E-state index >= 15 is 0 Å². The van der Waals surface area contributed by atoms with Crippen LogP contribution in [0.15, 0.2) is 29.3 Å². The molecule has 0 N–H and O–H groups in total. The van der Waals surface area contributed by atoms with E-state index in [1.165, 1.54) is 26.4 Å². The summed E-state index contributed by atoms with van der Waals surface area (Å²) in [5.74, 6) is -3.69. The molecule has 1 heterocycles. The lowest BCUT2D eigenvalue weighted by atomic mass is 9.69. The minimum absolute atomic E-state index is 0.155. The predicted octanol–water partition coefficient (Wildman–Crippen LogP) is 2.12. The molecule has 4 unspecified atom stereocenters. The van der Waals surface area contributed by atoms with Gasteiger partial charge in [0.25, 0.3) is 5.69 Å². The monoisotopic (exact) mass is 348 g/mol. The van der Waals surface area contributed by atoms with E-state index in [9.17, 15) is 19.7 Å². The number of carbonyl (C=O) groups excluding carboxylic acids is 2. The Morgan fingerprint density at radius 1 is 1.16 bits per heavy atom. The highest BCUT2D eigenvalue weighted by atomic mass is 16.6.